The summed E-state index contributed by atoms with van der Waals surface area (Å²) in [7, 11) is 3.14. The van der Waals surface area contributed by atoms with Crippen molar-refractivity contribution in [3.63, 3.8) is 0 Å². The quantitative estimate of drug-likeness (QED) is 0.766. The Kier molecular flexibility index (Phi) is 7.06. The minimum Gasteiger partial charge on any atom is -0.493 e. The Morgan fingerprint density at radius 3 is 2.64 bits per heavy atom. The van der Waals surface area contributed by atoms with Crippen LogP contribution in [-0.4, -0.2) is 56.7 Å². The molecule has 1 atom stereocenters. The van der Waals surface area contributed by atoms with Crippen LogP contribution in [0.25, 0.3) is 0 Å². The minimum absolute atomic E-state index is 0.0301. The van der Waals surface area contributed by atoms with Crippen molar-refractivity contribution >= 4 is 11.8 Å². The van der Waals surface area contributed by atoms with Gasteiger partial charge in [0.1, 0.15) is 0 Å². The number of benzene rings is 1. The van der Waals surface area contributed by atoms with E-state index >= 15 is 0 Å². The highest BCUT2D eigenvalue weighted by molar-refractivity contribution is 5.83. The molecule has 0 saturated carbocycles. The molecule has 1 aromatic carbocycles. The predicted octanol–water partition coefficient (Wildman–Crippen LogP) is 1.35. The van der Waals surface area contributed by atoms with Gasteiger partial charge in [-0.2, -0.15) is 0 Å². The Hall–Kier alpha value is -2.28. The zero-order valence-electron chi connectivity index (χ0n) is 15.0. The third-order valence-electron chi connectivity index (χ3n) is 4.17. The molecule has 1 aromatic rings. The van der Waals surface area contributed by atoms with Crippen LogP contribution in [0.3, 0.4) is 0 Å². The minimum atomic E-state index is -0.206. The van der Waals surface area contributed by atoms with Crippen LogP contribution in [0.4, 0.5) is 0 Å². The number of carbonyl (C=O) groups excluding carboxylic acids is 2. The number of hydrogen-bond acceptors (Lipinski definition) is 5. The van der Waals surface area contributed by atoms with Gasteiger partial charge in [-0.25, -0.2) is 0 Å². The zero-order chi connectivity index (χ0) is 18.2. The van der Waals surface area contributed by atoms with E-state index in [0.29, 0.717) is 24.6 Å². The SMILES string of the molecule is COc1ccc(CNC(=O)CN(CC2CCCO2)C(C)=O)cc1OC. The van der Waals surface area contributed by atoms with E-state index in [9.17, 15) is 9.59 Å². The van der Waals surface area contributed by atoms with E-state index in [1.165, 1.54) is 11.8 Å². The average Bonchev–Trinajstić information content (AvgIpc) is 3.12. The second-order valence-corrected chi connectivity index (χ2v) is 6.00. The van der Waals surface area contributed by atoms with Crippen LogP contribution in [0.2, 0.25) is 0 Å². The van der Waals surface area contributed by atoms with Crippen LogP contribution >= 0.6 is 0 Å². The van der Waals surface area contributed by atoms with E-state index in [2.05, 4.69) is 5.32 Å². The number of carbonyl (C=O) groups is 2. The molecule has 1 heterocycles. The summed E-state index contributed by atoms with van der Waals surface area (Å²) in [6, 6.07) is 5.46. The van der Waals surface area contributed by atoms with Crippen molar-refractivity contribution < 1.29 is 23.8 Å². The van der Waals surface area contributed by atoms with Crippen molar-refractivity contribution in [1.82, 2.24) is 10.2 Å². The Morgan fingerprint density at radius 1 is 1.28 bits per heavy atom. The molecular formula is C18H26N2O5. The Balaban J connectivity index is 1.86. The summed E-state index contributed by atoms with van der Waals surface area (Å²) in [6.45, 7) is 3.03. The van der Waals surface area contributed by atoms with Crippen LogP contribution in [0.15, 0.2) is 18.2 Å². The third-order valence-corrected chi connectivity index (χ3v) is 4.17. The molecular weight excluding hydrogens is 324 g/mol. The van der Waals surface area contributed by atoms with Crippen molar-refractivity contribution in [3.8, 4) is 11.5 Å². The van der Waals surface area contributed by atoms with E-state index in [-0.39, 0.29) is 24.5 Å². The maximum Gasteiger partial charge on any atom is 0.239 e. The molecule has 1 N–H and O–H groups in total. The van der Waals surface area contributed by atoms with Gasteiger partial charge in [0.05, 0.1) is 26.9 Å². The van der Waals surface area contributed by atoms with E-state index < -0.39 is 0 Å². The predicted molar refractivity (Wildman–Crippen MR) is 92.6 cm³/mol. The molecule has 138 valence electrons. The summed E-state index contributed by atoms with van der Waals surface area (Å²) in [4.78, 5) is 25.5. The topological polar surface area (TPSA) is 77.1 Å². The second-order valence-electron chi connectivity index (χ2n) is 6.00. The van der Waals surface area contributed by atoms with Gasteiger partial charge in [-0.3, -0.25) is 9.59 Å². The first-order valence-electron chi connectivity index (χ1n) is 8.38. The molecule has 2 rings (SSSR count). The number of rotatable bonds is 8. The standard InChI is InChI=1S/C18H26N2O5/c1-13(21)20(11-15-5-4-8-25-15)12-18(22)19-10-14-6-7-16(23-2)17(9-14)24-3/h6-7,9,15H,4-5,8,10-12H2,1-3H3,(H,19,22). The van der Waals surface area contributed by atoms with Gasteiger partial charge in [-0.05, 0) is 30.5 Å². The van der Waals surface area contributed by atoms with Crippen molar-refractivity contribution in [2.45, 2.75) is 32.4 Å². The van der Waals surface area contributed by atoms with E-state index in [1.807, 2.05) is 12.1 Å². The summed E-state index contributed by atoms with van der Waals surface area (Å²) in [5.74, 6) is 0.912. The summed E-state index contributed by atoms with van der Waals surface area (Å²) in [5.41, 5.74) is 0.888. The van der Waals surface area contributed by atoms with Crippen molar-refractivity contribution in [3.05, 3.63) is 23.8 Å². The fraction of sp³-hybridized carbons (Fsp3) is 0.556. The molecule has 0 spiro atoms. The molecule has 7 nitrogen and oxygen atoms in total. The Bertz CT molecular complexity index is 599. The van der Waals surface area contributed by atoms with Gasteiger partial charge in [-0.15, -0.1) is 0 Å². The largest absolute Gasteiger partial charge is 0.493 e. The average molecular weight is 350 g/mol. The number of ether oxygens (including phenoxy) is 3. The third kappa shape index (κ3) is 5.63. The highest BCUT2D eigenvalue weighted by Gasteiger charge is 2.22. The summed E-state index contributed by atoms with van der Waals surface area (Å²) < 4.78 is 16.0. The van der Waals surface area contributed by atoms with E-state index in [1.54, 1.807) is 20.3 Å². The lowest BCUT2D eigenvalue weighted by molar-refractivity contribution is -0.135. The summed E-state index contributed by atoms with van der Waals surface area (Å²) >= 11 is 0. The molecule has 0 aromatic heterocycles. The number of methoxy groups -OCH3 is 2. The van der Waals surface area contributed by atoms with Crippen molar-refractivity contribution in [2.75, 3.05) is 33.9 Å². The highest BCUT2D eigenvalue weighted by atomic mass is 16.5. The first kappa shape index (κ1) is 19.1. The molecule has 1 unspecified atom stereocenters. The molecule has 0 radical (unpaired) electrons. The number of amides is 2. The zero-order valence-corrected chi connectivity index (χ0v) is 15.0. The molecule has 25 heavy (non-hydrogen) atoms. The molecule has 1 aliphatic rings. The maximum absolute atomic E-state index is 12.2. The molecule has 1 aliphatic heterocycles. The van der Waals surface area contributed by atoms with Crippen LogP contribution < -0.4 is 14.8 Å². The highest BCUT2D eigenvalue weighted by Crippen LogP contribution is 2.27. The first-order valence-corrected chi connectivity index (χ1v) is 8.38. The maximum atomic E-state index is 12.2. The first-order chi connectivity index (χ1) is 12.0. The molecule has 0 aliphatic carbocycles. The van der Waals surface area contributed by atoms with Crippen LogP contribution in [0.5, 0.6) is 11.5 Å². The monoisotopic (exact) mass is 350 g/mol. The van der Waals surface area contributed by atoms with Crippen LogP contribution in [0.1, 0.15) is 25.3 Å². The van der Waals surface area contributed by atoms with Gasteiger partial charge in [0, 0.05) is 26.6 Å². The fourth-order valence-electron chi connectivity index (χ4n) is 2.76. The normalized spacial score (nSPS) is 16.4. The van der Waals surface area contributed by atoms with Gasteiger partial charge in [0.15, 0.2) is 11.5 Å². The van der Waals surface area contributed by atoms with Crippen molar-refractivity contribution in [1.29, 1.82) is 0 Å². The number of nitrogens with zero attached hydrogens (tertiary/aromatic N) is 1. The molecule has 7 heteroatoms. The number of hydrogen-bond donors (Lipinski definition) is 1. The Morgan fingerprint density at radius 2 is 2.04 bits per heavy atom. The van der Waals surface area contributed by atoms with Gasteiger partial charge in [0.25, 0.3) is 0 Å². The smallest absolute Gasteiger partial charge is 0.239 e. The summed E-state index contributed by atoms with van der Waals surface area (Å²) in [5, 5.41) is 2.83. The van der Waals surface area contributed by atoms with Crippen LogP contribution in [-0.2, 0) is 20.9 Å². The van der Waals surface area contributed by atoms with E-state index in [4.69, 9.17) is 14.2 Å². The van der Waals surface area contributed by atoms with Crippen LogP contribution in [0, 0.1) is 0 Å². The lowest BCUT2D eigenvalue weighted by Gasteiger charge is -2.23. The number of nitrogens with one attached hydrogen (secondary N) is 1. The van der Waals surface area contributed by atoms with Crippen molar-refractivity contribution in [2.24, 2.45) is 0 Å². The molecule has 1 saturated heterocycles. The second kappa shape index (κ2) is 9.27. The lowest BCUT2D eigenvalue weighted by atomic mass is 10.2. The van der Waals surface area contributed by atoms with Gasteiger partial charge in [0.2, 0.25) is 11.8 Å². The fourth-order valence-corrected chi connectivity index (χ4v) is 2.76. The van der Waals surface area contributed by atoms with Gasteiger partial charge < -0.3 is 24.4 Å². The molecule has 1 fully saturated rings. The molecule has 0 bridgehead atoms. The van der Waals surface area contributed by atoms with Gasteiger partial charge in [-0.1, -0.05) is 6.07 Å². The Labute approximate surface area is 148 Å². The van der Waals surface area contributed by atoms with E-state index in [0.717, 1.165) is 25.0 Å². The lowest BCUT2D eigenvalue weighted by Crippen LogP contribution is -2.43. The summed E-state index contributed by atoms with van der Waals surface area (Å²) in [6.07, 6.45) is 1.96. The van der Waals surface area contributed by atoms with Gasteiger partial charge >= 0.3 is 0 Å². The molecule has 2 amide bonds.